The van der Waals surface area contributed by atoms with Gasteiger partial charge in [0.15, 0.2) is 12.4 Å². The van der Waals surface area contributed by atoms with Crippen molar-refractivity contribution in [1.82, 2.24) is 0 Å². The summed E-state index contributed by atoms with van der Waals surface area (Å²) in [4.78, 5) is 10.5. The van der Waals surface area contributed by atoms with Gasteiger partial charge in [-0.25, -0.2) is 0 Å². The number of hydrogen-bond acceptors (Lipinski definition) is 2. The van der Waals surface area contributed by atoms with E-state index in [1.807, 2.05) is 19.9 Å². The SMILES string of the molecule is Cc1cc(C)c[n+](/C(C=O)=C/[O-])c1. The summed E-state index contributed by atoms with van der Waals surface area (Å²) < 4.78 is 1.53. The fraction of sp³-hybridized carbons (Fsp3) is 0.200. The molecule has 0 saturated carbocycles. The van der Waals surface area contributed by atoms with Gasteiger partial charge in [-0.3, -0.25) is 4.79 Å². The van der Waals surface area contributed by atoms with Gasteiger partial charge in [-0.2, -0.15) is 4.57 Å². The van der Waals surface area contributed by atoms with Gasteiger partial charge in [0.2, 0.25) is 12.0 Å². The molecule has 0 amide bonds. The largest absolute Gasteiger partial charge is 0.873 e. The van der Waals surface area contributed by atoms with Gasteiger partial charge in [0.25, 0.3) is 0 Å². The van der Waals surface area contributed by atoms with Crippen molar-refractivity contribution in [3.63, 3.8) is 0 Å². The van der Waals surface area contributed by atoms with Crippen LogP contribution in [0.25, 0.3) is 5.70 Å². The Balaban J connectivity index is 3.21. The van der Waals surface area contributed by atoms with Crippen molar-refractivity contribution < 1.29 is 14.5 Å². The zero-order chi connectivity index (χ0) is 9.84. The molecular formula is C10H11NO2. The van der Waals surface area contributed by atoms with Gasteiger partial charge in [0.05, 0.1) is 0 Å². The molecule has 0 unspecified atom stereocenters. The van der Waals surface area contributed by atoms with Crippen LogP contribution in [-0.4, -0.2) is 6.29 Å². The first-order chi connectivity index (χ1) is 6.17. The molecule has 1 rings (SSSR count). The quantitative estimate of drug-likeness (QED) is 0.275. The lowest BCUT2D eigenvalue weighted by atomic mass is 10.2. The van der Waals surface area contributed by atoms with Crippen LogP contribution in [0.3, 0.4) is 0 Å². The van der Waals surface area contributed by atoms with E-state index in [1.165, 1.54) is 4.57 Å². The van der Waals surface area contributed by atoms with Crippen LogP contribution in [0.15, 0.2) is 24.7 Å². The van der Waals surface area contributed by atoms with Gasteiger partial charge in [0, 0.05) is 11.1 Å². The van der Waals surface area contributed by atoms with Gasteiger partial charge in [0.1, 0.15) is 0 Å². The molecule has 0 bridgehead atoms. The fourth-order valence-corrected chi connectivity index (χ4v) is 1.21. The maximum absolute atomic E-state index is 10.5. The van der Waals surface area contributed by atoms with E-state index in [0.717, 1.165) is 11.1 Å². The van der Waals surface area contributed by atoms with Crippen molar-refractivity contribution in [3.8, 4) is 0 Å². The topological polar surface area (TPSA) is 44.0 Å². The molecule has 13 heavy (non-hydrogen) atoms. The summed E-state index contributed by atoms with van der Waals surface area (Å²) in [5.41, 5.74) is 2.15. The maximum Gasteiger partial charge on any atom is 0.235 e. The van der Waals surface area contributed by atoms with E-state index in [0.29, 0.717) is 12.5 Å². The molecule has 68 valence electrons. The highest BCUT2D eigenvalue weighted by molar-refractivity contribution is 5.92. The molecule has 0 aliphatic carbocycles. The lowest BCUT2D eigenvalue weighted by Crippen LogP contribution is -2.34. The minimum absolute atomic E-state index is 0.117. The van der Waals surface area contributed by atoms with Crippen LogP contribution in [0.5, 0.6) is 0 Å². The Morgan fingerprint density at radius 1 is 1.38 bits per heavy atom. The van der Waals surface area contributed by atoms with Gasteiger partial charge in [-0.1, -0.05) is 6.26 Å². The normalized spacial score (nSPS) is 11.4. The predicted molar refractivity (Wildman–Crippen MR) is 46.4 cm³/mol. The van der Waals surface area contributed by atoms with Crippen LogP contribution in [0.1, 0.15) is 11.1 Å². The Kier molecular flexibility index (Phi) is 2.80. The molecular weight excluding hydrogens is 166 g/mol. The van der Waals surface area contributed by atoms with Crippen molar-refractivity contribution in [2.24, 2.45) is 0 Å². The maximum atomic E-state index is 10.5. The van der Waals surface area contributed by atoms with E-state index in [4.69, 9.17) is 0 Å². The zero-order valence-corrected chi connectivity index (χ0v) is 7.65. The Morgan fingerprint density at radius 2 is 1.92 bits per heavy atom. The molecule has 3 heteroatoms. The Labute approximate surface area is 77.0 Å². The predicted octanol–water partition coefficient (Wildman–Crippen LogP) is -0.0515. The zero-order valence-electron chi connectivity index (χ0n) is 7.65. The molecule has 0 saturated heterocycles. The molecule has 0 aromatic carbocycles. The summed E-state index contributed by atoms with van der Waals surface area (Å²) in [7, 11) is 0. The van der Waals surface area contributed by atoms with Gasteiger partial charge < -0.3 is 5.11 Å². The van der Waals surface area contributed by atoms with Crippen LogP contribution < -0.4 is 9.67 Å². The van der Waals surface area contributed by atoms with Crippen molar-refractivity contribution >= 4 is 12.0 Å². The van der Waals surface area contributed by atoms with E-state index in [-0.39, 0.29) is 5.70 Å². The van der Waals surface area contributed by atoms with Gasteiger partial charge in [-0.05, 0) is 19.9 Å². The number of carbonyl (C=O) groups is 1. The monoisotopic (exact) mass is 177 g/mol. The van der Waals surface area contributed by atoms with Crippen molar-refractivity contribution in [3.05, 3.63) is 35.8 Å². The van der Waals surface area contributed by atoms with E-state index < -0.39 is 0 Å². The molecule has 0 aliphatic heterocycles. The highest BCUT2D eigenvalue weighted by atomic mass is 16.2. The molecule has 1 aromatic heterocycles. The molecule has 1 heterocycles. The third kappa shape index (κ3) is 2.15. The lowest BCUT2D eigenvalue weighted by Gasteiger charge is -1.99. The first-order valence-electron chi connectivity index (χ1n) is 3.94. The van der Waals surface area contributed by atoms with Crippen molar-refractivity contribution in [2.45, 2.75) is 13.8 Å². The van der Waals surface area contributed by atoms with E-state index in [9.17, 15) is 9.90 Å². The number of carbonyl (C=O) groups excluding carboxylic acids is 1. The number of pyridine rings is 1. The number of allylic oxidation sites excluding steroid dienone is 1. The average molecular weight is 177 g/mol. The van der Waals surface area contributed by atoms with Crippen molar-refractivity contribution in [2.75, 3.05) is 0 Å². The van der Waals surface area contributed by atoms with E-state index in [2.05, 4.69) is 0 Å². The smallest absolute Gasteiger partial charge is 0.235 e. The summed E-state index contributed by atoms with van der Waals surface area (Å²) in [6.45, 7) is 3.83. The third-order valence-electron chi connectivity index (χ3n) is 1.68. The number of aromatic nitrogens is 1. The summed E-state index contributed by atoms with van der Waals surface area (Å²) in [5, 5.41) is 10.5. The van der Waals surface area contributed by atoms with Crippen LogP contribution in [-0.2, 0) is 4.79 Å². The number of rotatable bonds is 2. The van der Waals surface area contributed by atoms with Crippen LogP contribution in [0.4, 0.5) is 0 Å². The molecule has 0 N–H and O–H groups in total. The first kappa shape index (κ1) is 9.45. The Morgan fingerprint density at radius 3 is 2.31 bits per heavy atom. The highest BCUT2D eigenvalue weighted by Crippen LogP contribution is 1.99. The van der Waals surface area contributed by atoms with Crippen LogP contribution in [0, 0.1) is 13.8 Å². The molecule has 0 fully saturated rings. The Hall–Kier alpha value is -1.64. The van der Waals surface area contributed by atoms with Gasteiger partial charge in [-0.15, -0.1) is 0 Å². The molecule has 1 aromatic rings. The number of aldehydes is 1. The number of aryl methyl sites for hydroxylation is 2. The summed E-state index contributed by atoms with van der Waals surface area (Å²) in [6, 6.07) is 1.98. The second kappa shape index (κ2) is 3.85. The van der Waals surface area contributed by atoms with Crippen LogP contribution in [0.2, 0.25) is 0 Å². The summed E-state index contributed by atoms with van der Waals surface area (Å²) >= 11 is 0. The van der Waals surface area contributed by atoms with Crippen molar-refractivity contribution in [1.29, 1.82) is 0 Å². The van der Waals surface area contributed by atoms with E-state index >= 15 is 0 Å². The summed E-state index contributed by atoms with van der Waals surface area (Å²) in [6.07, 6.45) is 4.58. The highest BCUT2D eigenvalue weighted by Gasteiger charge is 2.06. The van der Waals surface area contributed by atoms with Crippen LogP contribution >= 0.6 is 0 Å². The lowest BCUT2D eigenvalue weighted by molar-refractivity contribution is -0.581. The molecule has 0 atom stereocenters. The number of nitrogens with zero attached hydrogens (tertiary/aromatic N) is 1. The standard InChI is InChI=1S/C10H11NO2/c1-8-3-9(2)5-11(4-8)10(6-12)7-13/h3-7H,1-2H3. The Bertz CT molecular complexity index is 336. The van der Waals surface area contributed by atoms with E-state index in [1.54, 1.807) is 12.4 Å². The minimum atomic E-state index is 0.117. The molecule has 0 spiro atoms. The average Bonchev–Trinajstić information content (AvgIpc) is 2.04. The minimum Gasteiger partial charge on any atom is -0.873 e. The number of hydrogen-bond donors (Lipinski definition) is 0. The third-order valence-corrected chi connectivity index (χ3v) is 1.68. The molecule has 3 nitrogen and oxygen atoms in total. The fourth-order valence-electron chi connectivity index (χ4n) is 1.21. The second-order valence-electron chi connectivity index (χ2n) is 2.96. The molecule has 0 radical (unpaired) electrons. The first-order valence-corrected chi connectivity index (χ1v) is 3.94. The summed E-state index contributed by atoms with van der Waals surface area (Å²) in [5.74, 6) is 0. The van der Waals surface area contributed by atoms with Gasteiger partial charge >= 0.3 is 0 Å². The second-order valence-corrected chi connectivity index (χ2v) is 2.96. The molecule has 0 aliphatic rings.